The van der Waals surface area contributed by atoms with Crippen molar-refractivity contribution >= 4 is 33.7 Å². The van der Waals surface area contributed by atoms with Crippen molar-refractivity contribution in [1.29, 1.82) is 0 Å². The molecular formula is C10H10BrNO2. The lowest BCUT2D eigenvalue weighted by Gasteiger charge is -2.03. The smallest absolute Gasteiger partial charge is 0.338 e. The predicted molar refractivity (Wildman–Crippen MR) is 60.6 cm³/mol. The Morgan fingerprint density at radius 3 is 2.86 bits per heavy atom. The Labute approximate surface area is 90.4 Å². The predicted octanol–water partition coefficient (Wildman–Crippen LogP) is 2.38. The molecule has 0 bridgehead atoms. The number of carboxylic acids is 1. The summed E-state index contributed by atoms with van der Waals surface area (Å²) in [5.74, 6) is -1.00. The van der Waals surface area contributed by atoms with Crippen LogP contribution in [0.5, 0.6) is 0 Å². The maximum atomic E-state index is 10.9. The normalized spacial score (nSPS) is 10.6. The van der Waals surface area contributed by atoms with Crippen molar-refractivity contribution in [3.63, 3.8) is 0 Å². The van der Waals surface area contributed by atoms with E-state index in [-0.39, 0.29) is 11.3 Å². The van der Waals surface area contributed by atoms with Crippen LogP contribution in [-0.4, -0.2) is 16.4 Å². The van der Waals surface area contributed by atoms with Crippen molar-refractivity contribution in [2.75, 3.05) is 11.1 Å². The molecule has 0 atom stereocenters. The summed E-state index contributed by atoms with van der Waals surface area (Å²) >= 11 is 3.22. The topological polar surface area (TPSA) is 63.3 Å². The van der Waals surface area contributed by atoms with E-state index in [0.717, 1.165) is 0 Å². The monoisotopic (exact) mass is 255 g/mol. The zero-order valence-corrected chi connectivity index (χ0v) is 8.99. The summed E-state index contributed by atoms with van der Waals surface area (Å²) in [4.78, 5) is 10.9. The third kappa shape index (κ3) is 2.35. The van der Waals surface area contributed by atoms with E-state index in [1.165, 1.54) is 0 Å². The van der Waals surface area contributed by atoms with Crippen molar-refractivity contribution in [1.82, 2.24) is 0 Å². The molecule has 0 aliphatic rings. The van der Waals surface area contributed by atoms with E-state index >= 15 is 0 Å². The van der Waals surface area contributed by atoms with Gasteiger partial charge in [-0.15, -0.1) is 0 Å². The van der Waals surface area contributed by atoms with Crippen LogP contribution in [0.3, 0.4) is 0 Å². The van der Waals surface area contributed by atoms with E-state index < -0.39 is 5.97 Å². The number of alkyl halides is 1. The lowest BCUT2D eigenvalue weighted by molar-refractivity contribution is 0.0698. The van der Waals surface area contributed by atoms with Crippen LogP contribution in [0, 0.1) is 0 Å². The van der Waals surface area contributed by atoms with Crippen LogP contribution < -0.4 is 5.73 Å². The van der Waals surface area contributed by atoms with Gasteiger partial charge in [-0.2, -0.15) is 0 Å². The average Bonchev–Trinajstić information content (AvgIpc) is 2.14. The fraction of sp³-hybridized carbons (Fsp3) is 0.100. The first-order valence-electron chi connectivity index (χ1n) is 4.01. The molecule has 0 aliphatic heterocycles. The quantitative estimate of drug-likeness (QED) is 0.644. The highest BCUT2D eigenvalue weighted by atomic mass is 79.9. The second-order valence-electron chi connectivity index (χ2n) is 2.67. The van der Waals surface area contributed by atoms with E-state index in [2.05, 4.69) is 15.9 Å². The fourth-order valence-corrected chi connectivity index (χ4v) is 1.33. The minimum atomic E-state index is -1.00. The zero-order valence-electron chi connectivity index (χ0n) is 7.40. The first kappa shape index (κ1) is 10.8. The summed E-state index contributed by atoms with van der Waals surface area (Å²) in [6, 6.07) is 5.03. The summed E-state index contributed by atoms with van der Waals surface area (Å²) < 4.78 is 0. The molecule has 1 aromatic rings. The highest BCUT2D eigenvalue weighted by molar-refractivity contribution is 9.09. The molecule has 1 aromatic carbocycles. The second kappa shape index (κ2) is 4.81. The number of anilines is 1. The van der Waals surface area contributed by atoms with Crippen LogP contribution in [0.1, 0.15) is 15.9 Å². The molecule has 0 fully saturated rings. The average molecular weight is 256 g/mol. The van der Waals surface area contributed by atoms with E-state index in [4.69, 9.17) is 10.8 Å². The first-order valence-corrected chi connectivity index (χ1v) is 5.13. The Kier molecular flexibility index (Phi) is 3.71. The molecule has 0 unspecified atom stereocenters. The van der Waals surface area contributed by atoms with Gasteiger partial charge in [-0.3, -0.25) is 0 Å². The van der Waals surface area contributed by atoms with Crippen molar-refractivity contribution in [2.24, 2.45) is 0 Å². The third-order valence-electron chi connectivity index (χ3n) is 1.73. The standard InChI is InChI=1S/C10H10BrNO2/c11-6-2-4-7-3-1-5-8(12)9(7)10(13)14/h1-5H,6,12H2,(H,13,14). The zero-order chi connectivity index (χ0) is 10.6. The van der Waals surface area contributed by atoms with Gasteiger partial charge in [0.05, 0.1) is 5.56 Å². The molecule has 0 saturated carbocycles. The van der Waals surface area contributed by atoms with Gasteiger partial charge in [-0.25, -0.2) is 4.79 Å². The highest BCUT2D eigenvalue weighted by Gasteiger charge is 2.10. The number of hydrogen-bond donors (Lipinski definition) is 2. The number of rotatable bonds is 3. The minimum Gasteiger partial charge on any atom is -0.478 e. The van der Waals surface area contributed by atoms with Gasteiger partial charge in [-0.05, 0) is 11.6 Å². The molecule has 3 N–H and O–H groups in total. The van der Waals surface area contributed by atoms with Crippen LogP contribution in [0.2, 0.25) is 0 Å². The molecule has 14 heavy (non-hydrogen) atoms. The van der Waals surface area contributed by atoms with Gasteiger partial charge in [0.2, 0.25) is 0 Å². The molecule has 74 valence electrons. The molecule has 0 aliphatic carbocycles. The van der Waals surface area contributed by atoms with Crippen molar-refractivity contribution < 1.29 is 9.90 Å². The second-order valence-corrected chi connectivity index (χ2v) is 3.32. The SMILES string of the molecule is Nc1cccc(C=CCBr)c1C(=O)O. The summed E-state index contributed by atoms with van der Waals surface area (Å²) in [6.07, 6.45) is 3.55. The van der Waals surface area contributed by atoms with Crippen molar-refractivity contribution in [2.45, 2.75) is 0 Å². The molecule has 0 spiro atoms. The van der Waals surface area contributed by atoms with Crippen LogP contribution in [0.15, 0.2) is 24.3 Å². The van der Waals surface area contributed by atoms with Crippen molar-refractivity contribution in [3.05, 3.63) is 35.4 Å². The number of benzene rings is 1. The number of carboxylic acid groups (broad SMARTS) is 1. The van der Waals surface area contributed by atoms with E-state index in [1.54, 1.807) is 24.3 Å². The number of allylic oxidation sites excluding steroid dienone is 1. The van der Waals surface area contributed by atoms with Gasteiger partial charge < -0.3 is 10.8 Å². The molecule has 0 radical (unpaired) electrons. The van der Waals surface area contributed by atoms with Gasteiger partial charge >= 0.3 is 5.97 Å². The fourth-order valence-electron chi connectivity index (χ4n) is 1.15. The Balaban J connectivity index is 3.21. The van der Waals surface area contributed by atoms with Crippen LogP contribution >= 0.6 is 15.9 Å². The highest BCUT2D eigenvalue weighted by Crippen LogP contribution is 2.18. The molecule has 0 amide bonds. The van der Waals surface area contributed by atoms with Crippen molar-refractivity contribution in [3.8, 4) is 0 Å². The summed E-state index contributed by atoms with van der Waals surface area (Å²) in [6.45, 7) is 0. The van der Waals surface area contributed by atoms with Gasteiger partial charge in [0.15, 0.2) is 0 Å². The number of aromatic carboxylic acids is 1. The Bertz CT molecular complexity index is 374. The number of hydrogen-bond acceptors (Lipinski definition) is 2. The van der Waals surface area contributed by atoms with Gasteiger partial charge in [0.1, 0.15) is 0 Å². The van der Waals surface area contributed by atoms with Crippen LogP contribution in [0.25, 0.3) is 6.08 Å². The van der Waals surface area contributed by atoms with E-state index in [0.29, 0.717) is 10.9 Å². The molecule has 0 saturated heterocycles. The van der Waals surface area contributed by atoms with Gasteiger partial charge in [-0.1, -0.05) is 40.2 Å². The molecular weight excluding hydrogens is 246 g/mol. The maximum absolute atomic E-state index is 10.9. The Morgan fingerprint density at radius 2 is 2.29 bits per heavy atom. The number of nitrogens with two attached hydrogens (primary N) is 1. The molecule has 1 rings (SSSR count). The molecule has 0 aromatic heterocycles. The molecule has 3 nitrogen and oxygen atoms in total. The first-order chi connectivity index (χ1) is 6.66. The number of carbonyl (C=O) groups is 1. The van der Waals surface area contributed by atoms with E-state index in [1.807, 2.05) is 6.08 Å². The summed E-state index contributed by atoms with van der Waals surface area (Å²) in [5.41, 5.74) is 6.63. The third-order valence-corrected chi connectivity index (χ3v) is 2.10. The largest absolute Gasteiger partial charge is 0.478 e. The van der Waals surface area contributed by atoms with Crippen LogP contribution in [0.4, 0.5) is 5.69 Å². The minimum absolute atomic E-state index is 0.157. The van der Waals surface area contributed by atoms with Crippen LogP contribution in [-0.2, 0) is 0 Å². The number of halogens is 1. The van der Waals surface area contributed by atoms with E-state index in [9.17, 15) is 4.79 Å². The molecule has 0 heterocycles. The molecule has 4 heteroatoms. The lowest BCUT2D eigenvalue weighted by atomic mass is 10.1. The van der Waals surface area contributed by atoms with Gasteiger partial charge in [0.25, 0.3) is 0 Å². The Hall–Kier alpha value is -1.29. The summed E-state index contributed by atoms with van der Waals surface area (Å²) in [7, 11) is 0. The maximum Gasteiger partial charge on any atom is 0.338 e. The Morgan fingerprint density at radius 1 is 1.57 bits per heavy atom. The van der Waals surface area contributed by atoms with Gasteiger partial charge in [0, 0.05) is 11.0 Å². The summed E-state index contributed by atoms with van der Waals surface area (Å²) in [5, 5.41) is 9.60. The number of nitrogen functional groups attached to an aromatic ring is 1. The lowest BCUT2D eigenvalue weighted by Crippen LogP contribution is -2.04.